The number of nitrogens with one attached hydrogen (secondary N) is 1. The zero-order chi connectivity index (χ0) is 12.6. The highest BCUT2D eigenvalue weighted by Crippen LogP contribution is 2.07. The van der Waals surface area contributed by atoms with Crippen molar-refractivity contribution >= 4 is 0 Å². The Morgan fingerprint density at radius 2 is 1.62 bits per heavy atom. The van der Waals surface area contributed by atoms with Crippen LogP contribution < -0.4 is 5.32 Å². The average molecular weight is 228 g/mol. The summed E-state index contributed by atoms with van der Waals surface area (Å²) in [5.41, 5.74) is 0. The van der Waals surface area contributed by atoms with E-state index in [0.29, 0.717) is 12.1 Å². The van der Waals surface area contributed by atoms with Crippen LogP contribution in [0, 0.1) is 5.92 Å². The first-order valence-corrected chi connectivity index (χ1v) is 6.87. The third kappa shape index (κ3) is 9.17. The van der Waals surface area contributed by atoms with Crippen LogP contribution in [0.5, 0.6) is 0 Å². The van der Waals surface area contributed by atoms with E-state index in [0.717, 1.165) is 19.0 Å². The van der Waals surface area contributed by atoms with E-state index in [2.05, 4.69) is 51.9 Å². The third-order valence-electron chi connectivity index (χ3n) is 3.26. The standard InChI is InChI=1S/C14H32N2/c1-12(2)8-7-9-14(5)15-10-11-16(6)13(3)4/h12-15H,7-11H2,1-6H3. The lowest BCUT2D eigenvalue weighted by Gasteiger charge is -2.22. The quantitative estimate of drug-likeness (QED) is 0.652. The van der Waals surface area contributed by atoms with Gasteiger partial charge in [-0.25, -0.2) is 0 Å². The number of nitrogens with zero attached hydrogens (tertiary/aromatic N) is 1. The monoisotopic (exact) mass is 228 g/mol. The Morgan fingerprint density at radius 3 is 2.12 bits per heavy atom. The summed E-state index contributed by atoms with van der Waals surface area (Å²) in [5, 5.41) is 3.60. The van der Waals surface area contributed by atoms with Gasteiger partial charge in [-0.3, -0.25) is 0 Å². The highest BCUT2D eigenvalue weighted by molar-refractivity contribution is 4.64. The van der Waals surface area contributed by atoms with Gasteiger partial charge < -0.3 is 10.2 Å². The molecule has 0 rings (SSSR count). The van der Waals surface area contributed by atoms with E-state index in [-0.39, 0.29) is 0 Å². The van der Waals surface area contributed by atoms with Gasteiger partial charge in [-0.05, 0) is 40.2 Å². The summed E-state index contributed by atoms with van der Waals surface area (Å²) >= 11 is 0. The molecule has 0 radical (unpaired) electrons. The van der Waals surface area contributed by atoms with Gasteiger partial charge in [0.05, 0.1) is 0 Å². The SMILES string of the molecule is CC(C)CCCC(C)NCCN(C)C(C)C. The van der Waals surface area contributed by atoms with Gasteiger partial charge in [0.25, 0.3) is 0 Å². The lowest BCUT2D eigenvalue weighted by atomic mass is 10.0. The second kappa shape index (κ2) is 9.00. The molecule has 16 heavy (non-hydrogen) atoms. The predicted molar refractivity (Wildman–Crippen MR) is 73.9 cm³/mol. The average Bonchev–Trinajstić information content (AvgIpc) is 2.16. The van der Waals surface area contributed by atoms with Gasteiger partial charge in [0.2, 0.25) is 0 Å². The van der Waals surface area contributed by atoms with Crippen molar-refractivity contribution < 1.29 is 0 Å². The lowest BCUT2D eigenvalue weighted by molar-refractivity contribution is 0.268. The fraction of sp³-hybridized carbons (Fsp3) is 1.00. The summed E-state index contributed by atoms with van der Waals surface area (Å²) in [5.74, 6) is 0.847. The van der Waals surface area contributed by atoms with E-state index in [1.165, 1.54) is 19.3 Å². The van der Waals surface area contributed by atoms with E-state index >= 15 is 0 Å². The summed E-state index contributed by atoms with van der Waals surface area (Å²) in [7, 11) is 2.19. The van der Waals surface area contributed by atoms with Gasteiger partial charge in [-0.1, -0.05) is 26.7 Å². The Kier molecular flexibility index (Phi) is 8.96. The van der Waals surface area contributed by atoms with Crippen molar-refractivity contribution in [3.8, 4) is 0 Å². The van der Waals surface area contributed by atoms with Crippen molar-refractivity contribution in [1.82, 2.24) is 10.2 Å². The Hall–Kier alpha value is -0.0800. The molecular weight excluding hydrogens is 196 g/mol. The zero-order valence-electron chi connectivity index (χ0n) is 12.2. The summed E-state index contributed by atoms with van der Waals surface area (Å²) in [6.07, 6.45) is 4.02. The van der Waals surface area contributed by atoms with Crippen LogP contribution in [0.3, 0.4) is 0 Å². The molecule has 2 heteroatoms. The van der Waals surface area contributed by atoms with Crippen LogP contribution in [-0.2, 0) is 0 Å². The molecule has 98 valence electrons. The Labute approximate surface area is 103 Å². The van der Waals surface area contributed by atoms with Gasteiger partial charge >= 0.3 is 0 Å². The molecule has 0 aliphatic rings. The molecule has 0 spiro atoms. The van der Waals surface area contributed by atoms with E-state index < -0.39 is 0 Å². The van der Waals surface area contributed by atoms with Gasteiger partial charge in [-0.2, -0.15) is 0 Å². The van der Waals surface area contributed by atoms with Crippen LogP contribution in [0.4, 0.5) is 0 Å². The minimum Gasteiger partial charge on any atom is -0.313 e. The normalized spacial score (nSPS) is 14.1. The van der Waals surface area contributed by atoms with Crippen molar-refractivity contribution in [3.63, 3.8) is 0 Å². The first kappa shape index (κ1) is 15.9. The fourth-order valence-electron chi connectivity index (χ4n) is 1.68. The van der Waals surface area contributed by atoms with Crippen molar-refractivity contribution in [2.24, 2.45) is 5.92 Å². The topological polar surface area (TPSA) is 15.3 Å². The summed E-state index contributed by atoms with van der Waals surface area (Å²) < 4.78 is 0. The molecule has 2 nitrogen and oxygen atoms in total. The molecule has 1 unspecified atom stereocenters. The lowest BCUT2D eigenvalue weighted by Crippen LogP contribution is -2.37. The summed E-state index contributed by atoms with van der Waals surface area (Å²) in [6, 6.07) is 1.32. The van der Waals surface area contributed by atoms with Crippen molar-refractivity contribution in [2.45, 2.75) is 66.0 Å². The van der Waals surface area contributed by atoms with Crippen LogP contribution in [0.25, 0.3) is 0 Å². The largest absolute Gasteiger partial charge is 0.313 e. The molecule has 0 aromatic heterocycles. The van der Waals surface area contributed by atoms with Crippen LogP contribution >= 0.6 is 0 Å². The number of likely N-dealkylation sites (N-methyl/N-ethyl adjacent to an activating group) is 1. The molecule has 1 atom stereocenters. The van der Waals surface area contributed by atoms with Crippen LogP contribution in [0.2, 0.25) is 0 Å². The molecule has 0 saturated carbocycles. The highest BCUT2D eigenvalue weighted by Gasteiger charge is 2.05. The van der Waals surface area contributed by atoms with Crippen molar-refractivity contribution in [3.05, 3.63) is 0 Å². The van der Waals surface area contributed by atoms with Crippen LogP contribution in [0.1, 0.15) is 53.9 Å². The maximum atomic E-state index is 3.60. The highest BCUT2D eigenvalue weighted by atomic mass is 15.1. The minimum absolute atomic E-state index is 0.651. The molecule has 0 heterocycles. The first-order chi connectivity index (χ1) is 7.43. The van der Waals surface area contributed by atoms with Crippen molar-refractivity contribution in [2.75, 3.05) is 20.1 Å². The van der Waals surface area contributed by atoms with Crippen LogP contribution in [0.15, 0.2) is 0 Å². The van der Waals surface area contributed by atoms with Gasteiger partial charge in [0.1, 0.15) is 0 Å². The molecule has 0 aliphatic heterocycles. The summed E-state index contributed by atoms with van der Waals surface area (Å²) in [4.78, 5) is 2.38. The molecule has 0 aromatic rings. The van der Waals surface area contributed by atoms with E-state index in [9.17, 15) is 0 Å². The maximum absolute atomic E-state index is 3.60. The molecule has 0 aliphatic carbocycles. The maximum Gasteiger partial charge on any atom is 0.0107 e. The zero-order valence-corrected chi connectivity index (χ0v) is 12.2. The predicted octanol–water partition coefficient (Wildman–Crippen LogP) is 3.13. The second-order valence-electron chi connectivity index (χ2n) is 5.75. The molecular formula is C14H32N2. The number of hydrogen-bond donors (Lipinski definition) is 1. The third-order valence-corrected chi connectivity index (χ3v) is 3.26. The Bertz CT molecular complexity index is 155. The Balaban J connectivity index is 3.40. The molecule has 0 amide bonds. The molecule has 0 aromatic carbocycles. The van der Waals surface area contributed by atoms with Gasteiger partial charge in [0.15, 0.2) is 0 Å². The van der Waals surface area contributed by atoms with E-state index in [4.69, 9.17) is 0 Å². The number of rotatable bonds is 9. The summed E-state index contributed by atoms with van der Waals surface area (Å²) in [6.45, 7) is 13.6. The van der Waals surface area contributed by atoms with E-state index in [1.807, 2.05) is 0 Å². The molecule has 1 N–H and O–H groups in total. The first-order valence-electron chi connectivity index (χ1n) is 6.87. The molecule has 0 saturated heterocycles. The van der Waals surface area contributed by atoms with Crippen molar-refractivity contribution in [1.29, 1.82) is 0 Å². The minimum atomic E-state index is 0.651. The molecule has 0 bridgehead atoms. The smallest absolute Gasteiger partial charge is 0.0107 e. The van der Waals surface area contributed by atoms with Gasteiger partial charge in [-0.15, -0.1) is 0 Å². The second-order valence-corrected chi connectivity index (χ2v) is 5.75. The van der Waals surface area contributed by atoms with Gasteiger partial charge in [0, 0.05) is 25.2 Å². The van der Waals surface area contributed by atoms with E-state index in [1.54, 1.807) is 0 Å². The molecule has 0 fully saturated rings. The fourth-order valence-corrected chi connectivity index (χ4v) is 1.68. The Morgan fingerprint density at radius 1 is 1.00 bits per heavy atom. The van der Waals surface area contributed by atoms with Crippen LogP contribution in [-0.4, -0.2) is 37.1 Å². The number of hydrogen-bond acceptors (Lipinski definition) is 2.